The molecule has 2 rings (SSSR count). The number of alkyl halides is 2. The van der Waals surface area contributed by atoms with Crippen LogP contribution < -0.4 is 5.32 Å². The van der Waals surface area contributed by atoms with Gasteiger partial charge in [-0.2, -0.15) is 0 Å². The minimum Gasteiger partial charge on any atom is -0.316 e. The Morgan fingerprint density at radius 1 is 1.08 bits per heavy atom. The van der Waals surface area contributed by atoms with Gasteiger partial charge in [0, 0.05) is 19.4 Å². The van der Waals surface area contributed by atoms with Crippen LogP contribution in [0.5, 0.6) is 0 Å². The molecule has 1 nitrogen and oxygen atoms in total. The van der Waals surface area contributed by atoms with Crippen molar-refractivity contribution in [2.24, 2.45) is 5.41 Å². The molecule has 1 heterocycles. The molecule has 1 N–H and O–H groups in total. The zero-order chi connectivity index (χ0) is 8.66. The van der Waals surface area contributed by atoms with Gasteiger partial charge in [-0.1, -0.05) is 0 Å². The summed E-state index contributed by atoms with van der Waals surface area (Å²) in [6.45, 7) is 1.82. The van der Waals surface area contributed by atoms with Crippen LogP contribution in [0, 0.1) is 5.41 Å². The Kier molecular flexibility index (Phi) is 3.18. The molecule has 0 aromatic heterocycles. The van der Waals surface area contributed by atoms with Crippen LogP contribution in [0.15, 0.2) is 0 Å². The molecule has 0 aromatic carbocycles. The van der Waals surface area contributed by atoms with E-state index < -0.39 is 5.92 Å². The summed E-state index contributed by atoms with van der Waals surface area (Å²) in [6.07, 6.45) is 3.00. The highest BCUT2D eigenvalue weighted by atomic mass is 35.5. The molecule has 0 bridgehead atoms. The predicted octanol–water partition coefficient (Wildman–Crippen LogP) is 2.60. The van der Waals surface area contributed by atoms with E-state index in [2.05, 4.69) is 5.32 Å². The van der Waals surface area contributed by atoms with Crippen LogP contribution in [-0.2, 0) is 0 Å². The van der Waals surface area contributed by atoms with Crippen LogP contribution in [0.4, 0.5) is 8.78 Å². The first-order valence-corrected chi connectivity index (χ1v) is 4.71. The van der Waals surface area contributed by atoms with Gasteiger partial charge in [-0.05, 0) is 31.2 Å². The predicted molar refractivity (Wildman–Crippen MR) is 50.6 cm³/mol. The molecular weight excluding hydrogens is 196 g/mol. The van der Waals surface area contributed by atoms with E-state index in [0.29, 0.717) is 6.42 Å². The summed E-state index contributed by atoms with van der Waals surface area (Å²) in [5.41, 5.74) is -0.0538. The van der Waals surface area contributed by atoms with Crippen molar-refractivity contribution < 1.29 is 8.78 Å². The molecule has 4 heteroatoms. The smallest absolute Gasteiger partial charge is 0.248 e. The average Bonchev–Trinajstić information content (AvgIpc) is 2.29. The van der Waals surface area contributed by atoms with Gasteiger partial charge in [0.2, 0.25) is 5.92 Å². The van der Waals surface area contributed by atoms with Crippen molar-refractivity contribution >= 4 is 12.4 Å². The molecule has 1 spiro atoms. The highest BCUT2D eigenvalue weighted by Gasteiger charge is 2.49. The molecule has 1 aliphatic heterocycles. The lowest BCUT2D eigenvalue weighted by molar-refractivity contribution is -0.00669. The standard InChI is InChI=1S/C9H15F2N.ClH/c10-9(11)4-3-8(6-9)2-1-5-12-7-8;/h12H,1-7H2;1H. The quantitative estimate of drug-likeness (QED) is 0.650. The Hall–Kier alpha value is 0.110. The summed E-state index contributed by atoms with van der Waals surface area (Å²) < 4.78 is 25.9. The fourth-order valence-electron chi connectivity index (χ4n) is 2.57. The van der Waals surface area contributed by atoms with Crippen molar-refractivity contribution in [1.82, 2.24) is 5.32 Å². The number of nitrogens with one attached hydrogen (secondary N) is 1. The third-order valence-corrected chi connectivity index (χ3v) is 3.22. The van der Waals surface area contributed by atoms with Gasteiger partial charge in [0.25, 0.3) is 0 Å². The van der Waals surface area contributed by atoms with Gasteiger partial charge >= 0.3 is 0 Å². The molecule has 1 atom stereocenters. The van der Waals surface area contributed by atoms with E-state index in [1.54, 1.807) is 0 Å². The summed E-state index contributed by atoms with van der Waals surface area (Å²) in [5, 5.41) is 3.22. The van der Waals surface area contributed by atoms with E-state index in [1.165, 1.54) is 0 Å². The van der Waals surface area contributed by atoms with E-state index >= 15 is 0 Å². The Labute approximate surface area is 83.7 Å². The molecule has 1 unspecified atom stereocenters. The molecule has 78 valence electrons. The monoisotopic (exact) mass is 211 g/mol. The summed E-state index contributed by atoms with van der Waals surface area (Å²) in [7, 11) is 0. The molecule has 2 aliphatic rings. The Balaban J connectivity index is 0.000000845. The molecule has 1 aliphatic carbocycles. The van der Waals surface area contributed by atoms with E-state index in [1.807, 2.05) is 0 Å². The summed E-state index contributed by atoms with van der Waals surface area (Å²) in [6, 6.07) is 0. The normalized spacial score (nSPS) is 37.4. The fourth-order valence-corrected chi connectivity index (χ4v) is 2.57. The van der Waals surface area contributed by atoms with E-state index in [0.717, 1.165) is 25.9 Å². The zero-order valence-corrected chi connectivity index (χ0v) is 8.43. The molecule has 1 saturated heterocycles. The van der Waals surface area contributed by atoms with Gasteiger partial charge in [0.15, 0.2) is 0 Å². The minimum absolute atomic E-state index is 0. The Morgan fingerprint density at radius 2 is 1.85 bits per heavy atom. The SMILES string of the molecule is Cl.FC1(F)CCC2(CCCNC2)C1. The van der Waals surface area contributed by atoms with Crippen LogP contribution in [0.2, 0.25) is 0 Å². The van der Waals surface area contributed by atoms with Gasteiger partial charge in [-0.3, -0.25) is 0 Å². The lowest BCUT2D eigenvalue weighted by Gasteiger charge is -2.33. The maximum Gasteiger partial charge on any atom is 0.248 e. The van der Waals surface area contributed by atoms with E-state index in [4.69, 9.17) is 0 Å². The number of piperidine rings is 1. The van der Waals surface area contributed by atoms with Gasteiger partial charge < -0.3 is 5.32 Å². The first kappa shape index (κ1) is 11.2. The maximum absolute atomic E-state index is 12.9. The summed E-state index contributed by atoms with van der Waals surface area (Å²) in [5.74, 6) is -2.38. The number of rotatable bonds is 0. The molecule has 1 saturated carbocycles. The van der Waals surface area contributed by atoms with Crippen molar-refractivity contribution in [2.45, 2.75) is 38.0 Å². The molecule has 0 radical (unpaired) electrons. The van der Waals surface area contributed by atoms with Gasteiger partial charge in [0.1, 0.15) is 0 Å². The molecule has 2 fully saturated rings. The molecule has 0 amide bonds. The minimum atomic E-state index is -2.38. The van der Waals surface area contributed by atoms with Crippen molar-refractivity contribution in [3.05, 3.63) is 0 Å². The second-order valence-electron chi connectivity index (χ2n) is 4.31. The summed E-state index contributed by atoms with van der Waals surface area (Å²) in [4.78, 5) is 0. The largest absolute Gasteiger partial charge is 0.316 e. The second-order valence-corrected chi connectivity index (χ2v) is 4.31. The van der Waals surface area contributed by atoms with Crippen LogP contribution in [0.25, 0.3) is 0 Å². The maximum atomic E-state index is 12.9. The average molecular weight is 212 g/mol. The van der Waals surface area contributed by atoms with Gasteiger partial charge in [-0.15, -0.1) is 12.4 Å². The zero-order valence-electron chi connectivity index (χ0n) is 7.61. The van der Waals surface area contributed by atoms with Crippen LogP contribution in [0.1, 0.15) is 32.1 Å². The topological polar surface area (TPSA) is 12.0 Å². The van der Waals surface area contributed by atoms with E-state index in [-0.39, 0.29) is 30.7 Å². The number of halogens is 3. The van der Waals surface area contributed by atoms with Crippen molar-refractivity contribution in [1.29, 1.82) is 0 Å². The van der Waals surface area contributed by atoms with Gasteiger partial charge in [-0.25, -0.2) is 8.78 Å². The summed E-state index contributed by atoms with van der Waals surface area (Å²) >= 11 is 0. The second kappa shape index (κ2) is 3.70. The van der Waals surface area contributed by atoms with Crippen LogP contribution in [-0.4, -0.2) is 19.0 Å². The lowest BCUT2D eigenvalue weighted by atomic mass is 9.79. The highest BCUT2D eigenvalue weighted by molar-refractivity contribution is 5.85. The molecular formula is C9H16ClF2N. The van der Waals surface area contributed by atoms with Crippen molar-refractivity contribution in [3.8, 4) is 0 Å². The molecule has 0 aromatic rings. The first-order valence-electron chi connectivity index (χ1n) is 4.71. The van der Waals surface area contributed by atoms with Crippen LogP contribution >= 0.6 is 12.4 Å². The van der Waals surface area contributed by atoms with Crippen molar-refractivity contribution in [3.63, 3.8) is 0 Å². The third-order valence-electron chi connectivity index (χ3n) is 3.22. The van der Waals surface area contributed by atoms with Gasteiger partial charge in [0.05, 0.1) is 0 Å². The third kappa shape index (κ3) is 2.32. The number of hydrogen-bond donors (Lipinski definition) is 1. The van der Waals surface area contributed by atoms with Crippen LogP contribution in [0.3, 0.4) is 0 Å². The number of hydrogen-bond acceptors (Lipinski definition) is 1. The lowest BCUT2D eigenvalue weighted by Crippen LogP contribution is -2.39. The van der Waals surface area contributed by atoms with Crippen molar-refractivity contribution in [2.75, 3.05) is 13.1 Å². The molecule has 13 heavy (non-hydrogen) atoms. The Bertz CT molecular complexity index is 178. The Morgan fingerprint density at radius 3 is 2.31 bits per heavy atom. The van der Waals surface area contributed by atoms with E-state index in [9.17, 15) is 8.78 Å². The highest BCUT2D eigenvalue weighted by Crippen LogP contribution is 2.50. The fraction of sp³-hybridized carbons (Fsp3) is 1.00. The first-order chi connectivity index (χ1) is 5.62.